The van der Waals surface area contributed by atoms with E-state index in [1.54, 1.807) is 0 Å². The first-order valence-corrected chi connectivity index (χ1v) is 6.46. The van der Waals surface area contributed by atoms with E-state index in [0.29, 0.717) is 24.5 Å². The summed E-state index contributed by atoms with van der Waals surface area (Å²) in [7, 11) is 1.87. The summed E-state index contributed by atoms with van der Waals surface area (Å²) >= 11 is 0. The highest BCUT2D eigenvalue weighted by Gasteiger charge is 2.18. The molecule has 98 valence electrons. The van der Waals surface area contributed by atoms with Crippen LogP contribution in [-0.4, -0.2) is 29.8 Å². The van der Waals surface area contributed by atoms with Crippen LogP contribution in [0.2, 0.25) is 0 Å². The van der Waals surface area contributed by atoms with E-state index in [1.165, 1.54) is 6.42 Å². The summed E-state index contributed by atoms with van der Waals surface area (Å²) in [4.78, 5) is 2.20. The van der Waals surface area contributed by atoms with Gasteiger partial charge in [-0.25, -0.2) is 0 Å². The zero-order chi connectivity index (χ0) is 12.7. The van der Waals surface area contributed by atoms with Gasteiger partial charge in [-0.3, -0.25) is 0 Å². The number of hydrogen-bond donors (Lipinski definition) is 1. The van der Waals surface area contributed by atoms with Gasteiger partial charge in [0.05, 0.1) is 6.54 Å². The van der Waals surface area contributed by atoms with Crippen molar-refractivity contribution in [3.8, 4) is 0 Å². The second kappa shape index (κ2) is 7.27. The van der Waals surface area contributed by atoms with Gasteiger partial charge in [-0.15, -0.1) is 5.10 Å². The molecule has 0 aliphatic rings. The quantitative estimate of drug-likeness (QED) is 0.755. The van der Waals surface area contributed by atoms with Crippen molar-refractivity contribution in [2.45, 2.75) is 52.6 Å². The predicted octanol–water partition coefficient (Wildman–Crippen LogP) is 2.19. The lowest BCUT2D eigenvalue weighted by Gasteiger charge is -2.26. The van der Waals surface area contributed by atoms with Gasteiger partial charge in [0, 0.05) is 12.6 Å². The maximum atomic E-state index is 5.65. The molecule has 0 amide bonds. The molecule has 0 aliphatic heterocycles. The molecule has 1 unspecified atom stereocenters. The van der Waals surface area contributed by atoms with Crippen molar-refractivity contribution >= 4 is 6.01 Å². The Morgan fingerprint density at radius 1 is 1.35 bits per heavy atom. The molecule has 0 radical (unpaired) electrons. The fraction of sp³-hybridized carbons (Fsp3) is 0.833. The van der Waals surface area contributed by atoms with Gasteiger partial charge >= 0.3 is 6.01 Å². The molecule has 0 bridgehead atoms. The third-order valence-electron chi connectivity index (χ3n) is 2.91. The van der Waals surface area contributed by atoms with Gasteiger partial charge in [0.15, 0.2) is 0 Å². The minimum Gasteiger partial charge on any atom is -0.407 e. The summed E-state index contributed by atoms with van der Waals surface area (Å²) in [5, 5.41) is 11.2. The van der Waals surface area contributed by atoms with Crippen LogP contribution in [0.4, 0.5) is 6.01 Å². The number of aromatic nitrogens is 2. The van der Waals surface area contributed by atoms with Crippen molar-refractivity contribution in [2.75, 3.05) is 18.5 Å². The number of rotatable bonds is 8. The number of unbranched alkanes of at least 4 members (excludes halogenated alkanes) is 1. The Morgan fingerprint density at radius 2 is 2.12 bits per heavy atom. The topological polar surface area (TPSA) is 54.2 Å². The highest BCUT2D eigenvalue weighted by Crippen LogP contribution is 2.17. The van der Waals surface area contributed by atoms with Crippen molar-refractivity contribution in [1.82, 2.24) is 15.5 Å². The minimum absolute atomic E-state index is 0.435. The maximum absolute atomic E-state index is 5.65. The van der Waals surface area contributed by atoms with E-state index in [1.807, 2.05) is 7.05 Å². The second-order valence-electron chi connectivity index (χ2n) is 4.31. The van der Waals surface area contributed by atoms with Gasteiger partial charge in [-0.2, -0.15) is 0 Å². The Labute approximate surface area is 104 Å². The van der Waals surface area contributed by atoms with E-state index in [0.717, 1.165) is 19.4 Å². The summed E-state index contributed by atoms with van der Waals surface area (Å²) in [6, 6.07) is 1.09. The molecule has 1 atom stereocenters. The van der Waals surface area contributed by atoms with Crippen LogP contribution in [0.25, 0.3) is 0 Å². The molecule has 1 N–H and O–H groups in total. The second-order valence-corrected chi connectivity index (χ2v) is 4.31. The molecule has 1 rings (SSSR count). The molecule has 0 saturated carbocycles. The predicted molar refractivity (Wildman–Crippen MR) is 69.1 cm³/mol. The molecule has 0 spiro atoms. The molecule has 0 saturated heterocycles. The molecule has 1 aromatic rings. The van der Waals surface area contributed by atoms with Crippen molar-refractivity contribution in [2.24, 2.45) is 0 Å². The summed E-state index contributed by atoms with van der Waals surface area (Å²) in [6.07, 6.45) is 3.39. The summed E-state index contributed by atoms with van der Waals surface area (Å²) in [5.41, 5.74) is 0. The summed E-state index contributed by atoms with van der Waals surface area (Å²) in [5.74, 6) is 0.646. The summed E-state index contributed by atoms with van der Waals surface area (Å²) < 4.78 is 5.65. The Kier molecular flexibility index (Phi) is 5.97. The van der Waals surface area contributed by atoms with Crippen molar-refractivity contribution in [3.05, 3.63) is 5.89 Å². The molecular formula is C12H24N4O. The van der Waals surface area contributed by atoms with Gasteiger partial charge in [0.2, 0.25) is 5.89 Å². The molecule has 5 heteroatoms. The Bertz CT molecular complexity index is 313. The van der Waals surface area contributed by atoms with Crippen LogP contribution in [0, 0.1) is 0 Å². The number of nitrogens with zero attached hydrogens (tertiary/aromatic N) is 3. The largest absolute Gasteiger partial charge is 0.407 e. The van der Waals surface area contributed by atoms with Gasteiger partial charge in [0.1, 0.15) is 0 Å². The monoisotopic (exact) mass is 240 g/mol. The highest BCUT2D eigenvalue weighted by atomic mass is 16.4. The first kappa shape index (κ1) is 14.0. The average Bonchev–Trinajstić information content (AvgIpc) is 2.78. The van der Waals surface area contributed by atoms with Crippen molar-refractivity contribution in [1.29, 1.82) is 0 Å². The molecule has 5 nitrogen and oxygen atoms in total. The first-order valence-electron chi connectivity index (χ1n) is 6.46. The smallest absolute Gasteiger partial charge is 0.318 e. The van der Waals surface area contributed by atoms with E-state index in [-0.39, 0.29) is 0 Å². The molecule has 17 heavy (non-hydrogen) atoms. The zero-order valence-corrected chi connectivity index (χ0v) is 11.4. The number of anilines is 1. The van der Waals surface area contributed by atoms with Crippen LogP contribution in [0.3, 0.4) is 0 Å². The normalized spacial score (nSPS) is 12.7. The average molecular weight is 240 g/mol. The van der Waals surface area contributed by atoms with E-state index in [9.17, 15) is 0 Å². The van der Waals surface area contributed by atoms with Crippen LogP contribution < -0.4 is 10.2 Å². The summed E-state index contributed by atoms with van der Waals surface area (Å²) in [6.45, 7) is 8.16. The lowest BCUT2D eigenvalue weighted by atomic mass is 10.2. The van der Waals surface area contributed by atoms with E-state index < -0.39 is 0 Å². The molecule has 1 aromatic heterocycles. The van der Waals surface area contributed by atoms with Gasteiger partial charge in [-0.1, -0.05) is 25.4 Å². The van der Waals surface area contributed by atoms with Gasteiger partial charge < -0.3 is 14.6 Å². The standard InChI is InChI=1S/C12H24N4O/c1-5-7-8-16(10(3)6-2)12-15-14-11(17-12)9-13-4/h10,13H,5-9H2,1-4H3. The van der Waals surface area contributed by atoms with Crippen LogP contribution in [-0.2, 0) is 6.54 Å². The number of nitrogens with one attached hydrogen (secondary N) is 1. The Morgan fingerprint density at radius 3 is 2.71 bits per heavy atom. The van der Waals surface area contributed by atoms with Crippen molar-refractivity contribution in [3.63, 3.8) is 0 Å². The highest BCUT2D eigenvalue weighted by molar-refractivity contribution is 5.25. The van der Waals surface area contributed by atoms with Crippen LogP contribution in [0.5, 0.6) is 0 Å². The zero-order valence-electron chi connectivity index (χ0n) is 11.4. The van der Waals surface area contributed by atoms with Gasteiger partial charge in [0.25, 0.3) is 0 Å². The minimum atomic E-state index is 0.435. The molecular weight excluding hydrogens is 216 g/mol. The fourth-order valence-corrected chi connectivity index (χ4v) is 1.64. The third kappa shape index (κ3) is 4.00. The van der Waals surface area contributed by atoms with E-state index >= 15 is 0 Å². The van der Waals surface area contributed by atoms with Crippen molar-refractivity contribution < 1.29 is 4.42 Å². The fourth-order valence-electron chi connectivity index (χ4n) is 1.64. The molecule has 0 fully saturated rings. The first-order chi connectivity index (χ1) is 8.22. The van der Waals surface area contributed by atoms with Crippen LogP contribution in [0.1, 0.15) is 45.9 Å². The molecule has 1 heterocycles. The van der Waals surface area contributed by atoms with E-state index in [4.69, 9.17) is 4.42 Å². The van der Waals surface area contributed by atoms with E-state index in [2.05, 4.69) is 41.2 Å². The Hall–Kier alpha value is -1.10. The SMILES string of the molecule is CCCCN(c1nnc(CNC)o1)C(C)CC. The molecule has 0 aliphatic carbocycles. The Balaban J connectivity index is 2.72. The molecule has 0 aromatic carbocycles. The van der Waals surface area contributed by atoms with Gasteiger partial charge in [-0.05, 0) is 26.8 Å². The van der Waals surface area contributed by atoms with Crippen LogP contribution >= 0.6 is 0 Å². The number of hydrogen-bond acceptors (Lipinski definition) is 5. The van der Waals surface area contributed by atoms with Crippen LogP contribution in [0.15, 0.2) is 4.42 Å². The lowest BCUT2D eigenvalue weighted by Crippen LogP contribution is -2.33. The maximum Gasteiger partial charge on any atom is 0.318 e. The third-order valence-corrected chi connectivity index (χ3v) is 2.91. The lowest BCUT2D eigenvalue weighted by molar-refractivity contribution is 0.449.